The van der Waals surface area contributed by atoms with Crippen LogP contribution in [0.15, 0.2) is 41.3 Å². The summed E-state index contributed by atoms with van der Waals surface area (Å²) in [6.07, 6.45) is 3.39. The molecule has 1 fully saturated rings. The number of ether oxygens (including phenoxy) is 2. The van der Waals surface area contributed by atoms with Gasteiger partial charge in [0.2, 0.25) is 16.8 Å². The van der Waals surface area contributed by atoms with E-state index >= 15 is 0 Å². The van der Waals surface area contributed by atoms with Gasteiger partial charge in [0.05, 0.1) is 4.90 Å². The quantitative estimate of drug-likeness (QED) is 0.739. The van der Waals surface area contributed by atoms with Crippen LogP contribution in [0.5, 0.6) is 11.5 Å². The van der Waals surface area contributed by atoms with E-state index in [0.717, 1.165) is 36.1 Å². The van der Waals surface area contributed by atoms with Crippen LogP contribution >= 0.6 is 0 Å². The van der Waals surface area contributed by atoms with Crippen molar-refractivity contribution in [2.75, 3.05) is 19.9 Å². The van der Waals surface area contributed by atoms with Gasteiger partial charge in [0.15, 0.2) is 11.5 Å². The van der Waals surface area contributed by atoms with E-state index in [0.29, 0.717) is 30.8 Å². The van der Waals surface area contributed by atoms with Gasteiger partial charge in [-0.2, -0.15) is 4.31 Å². The molecule has 7 nitrogen and oxygen atoms in total. The average Bonchev–Trinajstić information content (AvgIpc) is 3.22. The third-order valence-electron chi connectivity index (χ3n) is 5.94. The number of benzene rings is 2. The van der Waals surface area contributed by atoms with Crippen LogP contribution in [0.4, 0.5) is 0 Å². The molecule has 1 saturated heterocycles. The summed E-state index contributed by atoms with van der Waals surface area (Å²) in [6.45, 7) is 4.93. The first kappa shape index (κ1) is 21.6. The van der Waals surface area contributed by atoms with Gasteiger partial charge in [-0.1, -0.05) is 18.6 Å². The van der Waals surface area contributed by atoms with Gasteiger partial charge in [-0.15, -0.1) is 0 Å². The number of aryl methyl sites for hydroxylation is 1. The van der Waals surface area contributed by atoms with Crippen molar-refractivity contribution in [3.05, 3.63) is 53.1 Å². The molecule has 0 aromatic heterocycles. The molecule has 2 heterocycles. The van der Waals surface area contributed by atoms with E-state index < -0.39 is 10.0 Å². The summed E-state index contributed by atoms with van der Waals surface area (Å²) < 4.78 is 38.5. The van der Waals surface area contributed by atoms with Crippen molar-refractivity contribution in [1.29, 1.82) is 0 Å². The summed E-state index contributed by atoms with van der Waals surface area (Å²) in [6, 6.07) is 10.5. The first-order valence-corrected chi connectivity index (χ1v) is 12.1. The van der Waals surface area contributed by atoms with E-state index in [4.69, 9.17) is 9.47 Å². The number of fused-ring (bicyclic) bond motifs is 1. The number of nitrogens with one attached hydrogen (secondary N) is 1. The summed E-state index contributed by atoms with van der Waals surface area (Å²) in [5.41, 5.74) is 2.15. The highest BCUT2D eigenvalue weighted by atomic mass is 32.2. The fourth-order valence-electron chi connectivity index (χ4n) is 4.08. The largest absolute Gasteiger partial charge is 0.454 e. The monoisotopic (exact) mass is 444 g/mol. The fraction of sp³-hybridized carbons (Fsp3) is 0.435. The van der Waals surface area contributed by atoms with Crippen molar-refractivity contribution in [1.82, 2.24) is 9.62 Å². The topological polar surface area (TPSA) is 84.9 Å². The van der Waals surface area contributed by atoms with E-state index in [-0.39, 0.29) is 23.6 Å². The Kier molecular flexibility index (Phi) is 6.20. The third kappa shape index (κ3) is 4.55. The third-order valence-corrected chi connectivity index (χ3v) is 7.95. The molecular weight excluding hydrogens is 416 g/mol. The maximum atomic E-state index is 13.1. The van der Waals surface area contributed by atoms with E-state index in [9.17, 15) is 13.2 Å². The first-order valence-electron chi connectivity index (χ1n) is 10.7. The van der Waals surface area contributed by atoms with Crippen molar-refractivity contribution < 1.29 is 22.7 Å². The van der Waals surface area contributed by atoms with Crippen LogP contribution in [0, 0.1) is 6.92 Å². The van der Waals surface area contributed by atoms with Gasteiger partial charge >= 0.3 is 0 Å². The number of carbonyl (C=O) groups excluding carboxylic acids is 1. The average molecular weight is 445 g/mol. The van der Waals surface area contributed by atoms with Crippen LogP contribution < -0.4 is 14.8 Å². The highest BCUT2D eigenvalue weighted by molar-refractivity contribution is 7.89. The lowest BCUT2D eigenvalue weighted by atomic mass is 10.1. The van der Waals surface area contributed by atoms with Crippen LogP contribution in [0.1, 0.15) is 47.7 Å². The lowest BCUT2D eigenvalue weighted by Gasteiger charge is -2.32. The van der Waals surface area contributed by atoms with E-state index in [1.165, 1.54) is 6.07 Å². The molecule has 31 heavy (non-hydrogen) atoms. The molecule has 1 amide bonds. The number of carbonyl (C=O) groups is 1. The lowest BCUT2D eigenvalue weighted by molar-refractivity contribution is 0.0953. The van der Waals surface area contributed by atoms with Crippen LogP contribution in [0.25, 0.3) is 0 Å². The number of amides is 1. The number of nitrogens with zero attached hydrogens (tertiary/aromatic N) is 1. The molecule has 1 atom stereocenters. The highest BCUT2D eigenvalue weighted by Gasteiger charge is 2.31. The normalized spacial score (nSPS) is 18.7. The number of hydrogen-bond donors (Lipinski definition) is 1. The maximum absolute atomic E-state index is 13.1. The zero-order chi connectivity index (χ0) is 22.0. The zero-order valence-corrected chi connectivity index (χ0v) is 18.7. The molecule has 2 aliphatic rings. The van der Waals surface area contributed by atoms with Gasteiger partial charge in [-0.05, 0) is 68.5 Å². The summed E-state index contributed by atoms with van der Waals surface area (Å²) in [5, 5.41) is 2.90. The molecule has 1 unspecified atom stereocenters. The Hall–Kier alpha value is -2.58. The van der Waals surface area contributed by atoms with Crippen molar-refractivity contribution in [3.8, 4) is 11.5 Å². The number of piperidine rings is 1. The van der Waals surface area contributed by atoms with E-state index in [2.05, 4.69) is 5.32 Å². The molecule has 2 aliphatic heterocycles. The first-order chi connectivity index (χ1) is 14.9. The lowest BCUT2D eigenvalue weighted by Crippen LogP contribution is -2.42. The summed E-state index contributed by atoms with van der Waals surface area (Å²) >= 11 is 0. The van der Waals surface area contributed by atoms with Crippen molar-refractivity contribution >= 4 is 15.9 Å². The van der Waals surface area contributed by atoms with Gasteiger partial charge in [0.1, 0.15) is 0 Å². The summed E-state index contributed by atoms with van der Waals surface area (Å²) in [4.78, 5) is 13.0. The van der Waals surface area contributed by atoms with Gasteiger partial charge in [-0.25, -0.2) is 8.42 Å². The van der Waals surface area contributed by atoms with Gasteiger partial charge in [0, 0.05) is 24.7 Å². The van der Waals surface area contributed by atoms with Crippen molar-refractivity contribution in [3.63, 3.8) is 0 Å². The van der Waals surface area contributed by atoms with Gasteiger partial charge in [0.25, 0.3) is 5.91 Å². The standard InChI is InChI=1S/C23H28N2O5S/c1-16-6-8-19(31(27,28)25-12-4-3-5-17(25)2)14-20(16)23(26)24-11-10-18-7-9-21-22(13-18)30-15-29-21/h6-9,13-14,17H,3-5,10-12,15H2,1-2H3,(H,24,26). The molecule has 8 heteroatoms. The predicted molar refractivity (Wildman–Crippen MR) is 117 cm³/mol. The Morgan fingerprint density at radius 3 is 2.74 bits per heavy atom. The van der Waals surface area contributed by atoms with Crippen LogP contribution in [-0.2, 0) is 16.4 Å². The molecule has 4 rings (SSSR count). The molecular formula is C23H28N2O5S. The van der Waals surface area contributed by atoms with Crippen LogP contribution in [0.2, 0.25) is 0 Å². The van der Waals surface area contributed by atoms with Gasteiger partial charge < -0.3 is 14.8 Å². The molecule has 1 N–H and O–H groups in total. The van der Waals surface area contributed by atoms with Crippen LogP contribution in [0.3, 0.4) is 0 Å². The Morgan fingerprint density at radius 2 is 1.94 bits per heavy atom. The SMILES string of the molecule is Cc1ccc(S(=O)(=O)N2CCCCC2C)cc1C(=O)NCCc1ccc2c(c1)OCO2. The minimum Gasteiger partial charge on any atom is -0.454 e. The molecule has 0 radical (unpaired) electrons. The van der Waals surface area contributed by atoms with Crippen molar-refractivity contribution in [2.24, 2.45) is 0 Å². The number of rotatable bonds is 6. The van der Waals surface area contributed by atoms with Gasteiger partial charge in [-0.3, -0.25) is 4.79 Å². The Morgan fingerprint density at radius 1 is 1.13 bits per heavy atom. The molecule has 0 aliphatic carbocycles. The van der Waals surface area contributed by atoms with E-state index in [1.807, 2.05) is 32.0 Å². The Bertz CT molecular complexity index is 1080. The van der Waals surface area contributed by atoms with Crippen LogP contribution in [-0.4, -0.2) is 44.6 Å². The summed E-state index contributed by atoms with van der Waals surface area (Å²) in [7, 11) is -3.63. The molecule has 0 spiro atoms. The maximum Gasteiger partial charge on any atom is 0.251 e. The van der Waals surface area contributed by atoms with Crippen molar-refractivity contribution in [2.45, 2.75) is 50.5 Å². The molecule has 0 saturated carbocycles. The Labute approximate surface area is 183 Å². The second-order valence-corrected chi connectivity index (χ2v) is 10.0. The minimum absolute atomic E-state index is 0.0287. The number of hydrogen-bond acceptors (Lipinski definition) is 5. The fourth-order valence-corrected chi connectivity index (χ4v) is 5.81. The van der Waals surface area contributed by atoms with E-state index in [1.54, 1.807) is 16.4 Å². The predicted octanol–water partition coefficient (Wildman–Crippen LogP) is 3.26. The smallest absolute Gasteiger partial charge is 0.251 e. The molecule has 166 valence electrons. The Balaban J connectivity index is 1.44. The zero-order valence-electron chi connectivity index (χ0n) is 17.9. The summed E-state index contributed by atoms with van der Waals surface area (Å²) in [5.74, 6) is 1.16. The second-order valence-electron chi connectivity index (χ2n) is 8.13. The molecule has 2 aromatic rings. The highest BCUT2D eigenvalue weighted by Crippen LogP contribution is 2.32. The minimum atomic E-state index is -3.63. The number of sulfonamides is 1. The second kappa shape index (κ2) is 8.88. The molecule has 0 bridgehead atoms. The molecule has 2 aromatic carbocycles.